The van der Waals surface area contributed by atoms with Gasteiger partial charge in [0.25, 0.3) is 5.91 Å². The first-order chi connectivity index (χ1) is 15.6. The van der Waals surface area contributed by atoms with Crippen molar-refractivity contribution in [3.05, 3.63) is 87.9 Å². The highest BCUT2D eigenvalue weighted by Crippen LogP contribution is 2.29. The molecule has 1 aliphatic carbocycles. The van der Waals surface area contributed by atoms with E-state index in [2.05, 4.69) is 10.3 Å². The van der Waals surface area contributed by atoms with Gasteiger partial charge in [-0.15, -0.1) is 11.3 Å². The summed E-state index contributed by atoms with van der Waals surface area (Å²) in [5, 5.41) is 5.25. The zero-order valence-corrected chi connectivity index (χ0v) is 19.2. The van der Waals surface area contributed by atoms with Crippen LogP contribution in [0, 0.1) is 6.92 Å². The molecule has 3 aromatic rings. The molecule has 0 unspecified atom stereocenters. The highest BCUT2D eigenvalue weighted by atomic mass is 32.1. The molecule has 1 atom stereocenters. The Labute approximate surface area is 193 Å². The number of carbonyl (C=O) groups is 2. The molecule has 166 valence electrons. The minimum Gasteiger partial charge on any atom is -0.351 e. The zero-order chi connectivity index (χ0) is 22.3. The van der Waals surface area contributed by atoms with Crippen molar-refractivity contribution >= 4 is 23.2 Å². The molecule has 2 amide bonds. The van der Waals surface area contributed by atoms with Crippen molar-refractivity contribution in [3.63, 3.8) is 0 Å². The van der Waals surface area contributed by atoms with E-state index in [9.17, 15) is 9.59 Å². The first-order valence-electron chi connectivity index (χ1n) is 11.2. The minimum atomic E-state index is -0.727. The Hall–Kier alpha value is -2.99. The van der Waals surface area contributed by atoms with Crippen molar-refractivity contribution in [3.8, 4) is 0 Å². The fourth-order valence-corrected chi connectivity index (χ4v) is 5.06. The van der Waals surface area contributed by atoms with Crippen LogP contribution < -0.4 is 5.32 Å². The highest BCUT2D eigenvalue weighted by Gasteiger charge is 2.34. The lowest BCUT2D eigenvalue weighted by molar-refractivity contribution is -0.127. The Balaban J connectivity index is 1.73. The maximum absolute atomic E-state index is 13.7. The van der Waals surface area contributed by atoms with Gasteiger partial charge >= 0.3 is 0 Å². The van der Waals surface area contributed by atoms with Gasteiger partial charge in [0.15, 0.2) is 0 Å². The van der Waals surface area contributed by atoms with Gasteiger partial charge in [0.05, 0.1) is 6.54 Å². The van der Waals surface area contributed by atoms with Crippen LogP contribution in [0.5, 0.6) is 0 Å². The second-order valence-corrected chi connectivity index (χ2v) is 9.36. The summed E-state index contributed by atoms with van der Waals surface area (Å²) in [5.74, 6) is -0.363. The number of amides is 2. The van der Waals surface area contributed by atoms with Crippen LogP contribution in [0.1, 0.15) is 64.6 Å². The van der Waals surface area contributed by atoms with E-state index in [1.54, 1.807) is 40.6 Å². The number of nitrogens with one attached hydrogen (secondary N) is 1. The average Bonchev–Trinajstić information content (AvgIpc) is 3.34. The van der Waals surface area contributed by atoms with Gasteiger partial charge in [-0.1, -0.05) is 55.7 Å². The SMILES string of the molecule is Cc1ccccc1[C@H](C(=O)NC1CCCCC1)N(Cc1cccs1)C(=O)c1ccccn1. The van der Waals surface area contributed by atoms with Gasteiger partial charge in [0, 0.05) is 17.1 Å². The molecule has 0 bridgehead atoms. The Morgan fingerprint density at radius 3 is 2.53 bits per heavy atom. The van der Waals surface area contributed by atoms with Crippen molar-refractivity contribution < 1.29 is 9.59 Å². The number of pyridine rings is 1. The van der Waals surface area contributed by atoms with Crippen LogP contribution in [0.2, 0.25) is 0 Å². The van der Waals surface area contributed by atoms with Crippen molar-refractivity contribution in [2.75, 3.05) is 0 Å². The summed E-state index contributed by atoms with van der Waals surface area (Å²) in [6.45, 7) is 2.34. The molecule has 1 saturated carbocycles. The predicted octanol–water partition coefficient (Wildman–Crippen LogP) is 5.28. The van der Waals surface area contributed by atoms with E-state index < -0.39 is 6.04 Å². The number of carbonyl (C=O) groups excluding carboxylic acids is 2. The molecule has 6 heteroatoms. The van der Waals surface area contributed by atoms with E-state index in [1.807, 2.05) is 48.7 Å². The molecule has 0 spiro atoms. The maximum Gasteiger partial charge on any atom is 0.273 e. The summed E-state index contributed by atoms with van der Waals surface area (Å²) in [6, 6.07) is 16.5. The van der Waals surface area contributed by atoms with Crippen LogP contribution >= 0.6 is 11.3 Å². The number of benzene rings is 1. The molecule has 1 N–H and O–H groups in total. The lowest BCUT2D eigenvalue weighted by Crippen LogP contribution is -2.47. The van der Waals surface area contributed by atoms with Crippen molar-refractivity contribution in [1.82, 2.24) is 15.2 Å². The Kier molecular flexibility index (Phi) is 7.32. The normalized spacial score (nSPS) is 15.2. The predicted molar refractivity (Wildman–Crippen MR) is 127 cm³/mol. The minimum absolute atomic E-state index is 0.118. The van der Waals surface area contributed by atoms with Crippen LogP contribution in [0.15, 0.2) is 66.2 Å². The first kappa shape index (κ1) is 22.2. The van der Waals surface area contributed by atoms with Crippen LogP contribution in [0.25, 0.3) is 0 Å². The molecule has 1 aromatic carbocycles. The van der Waals surface area contributed by atoms with E-state index >= 15 is 0 Å². The Morgan fingerprint density at radius 2 is 1.84 bits per heavy atom. The maximum atomic E-state index is 13.7. The second kappa shape index (κ2) is 10.6. The lowest BCUT2D eigenvalue weighted by atomic mass is 9.94. The van der Waals surface area contributed by atoms with Gasteiger partial charge in [-0.25, -0.2) is 0 Å². The summed E-state index contributed by atoms with van der Waals surface area (Å²) >= 11 is 1.58. The van der Waals surface area contributed by atoms with Gasteiger partial charge in [0.2, 0.25) is 5.91 Å². The third kappa shape index (κ3) is 5.25. The molecule has 0 aliphatic heterocycles. The topological polar surface area (TPSA) is 62.3 Å². The number of nitrogens with zero attached hydrogens (tertiary/aromatic N) is 2. The third-order valence-corrected chi connectivity index (χ3v) is 6.91. The highest BCUT2D eigenvalue weighted by molar-refractivity contribution is 7.09. The third-order valence-electron chi connectivity index (χ3n) is 6.05. The van der Waals surface area contributed by atoms with Crippen molar-refractivity contribution in [1.29, 1.82) is 0 Å². The number of aryl methyl sites for hydroxylation is 1. The Bertz CT molecular complexity index is 1030. The van der Waals surface area contributed by atoms with E-state index in [0.717, 1.165) is 41.7 Å². The van der Waals surface area contributed by atoms with Crippen LogP contribution in [-0.2, 0) is 11.3 Å². The number of thiophene rings is 1. The number of rotatable bonds is 7. The van der Waals surface area contributed by atoms with Crippen LogP contribution in [0.4, 0.5) is 0 Å². The van der Waals surface area contributed by atoms with Gasteiger partial charge in [-0.2, -0.15) is 0 Å². The fourth-order valence-electron chi connectivity index (χ4n) is 4.36. The largest absolute Gasteiger partial charge is 0.351 e. The fraction of sp³-hybridized carbons (Fsp3) is 0.346. The summed E-state index contributed by atoms with van der Waals surface area (Å²) in [7, 11) is 0. The molecule has 5 nitrogen and oxygen atoms in total. The van der Waals surface area contributed by atoms with Gasteiger partial charge in [-0.3, -0.25) is 14.6 Å². The number of hydrogen-bond donors (Lipinski definition) is 1. The van der Waals surface area contributed by atoms with Gasteiger partial charge < -0.3 is 10.2 Å². The average molecular weight is 448 g/mol. The number of hydrogen-bond acceptors (Lipinski definition) is 4. The number of aromatic nitrogens is 1. The smallest absolute Gasteiger partial charge is 0.273 e. The van der Waals surface area contributed by atoms with Crippen LogP contribution in [-0.4, -0.2) is 27.7 Å². The second-order valence-electron chi connectivity index (χ2n) is 8.33. The van der Waals surface area contributed by atoms with Gasteiger partial charge in [-0.05, 0) is 54.5 Å². The lowest BCUT2D eigenvalue weighted by Gasteiger charge is -2.33. The van der Waals surface area contributed by atoms with E-state index in [-0.39, 0.29) is 17.9 Å². The summed E-state index contributed by atoms with van der Waals surface area (Å²) in [6.07, 6.45) is 7.08. The molecule has 2 aromatic heterocycles. The van der Waals surface area contributed by atoms with Crippen LogP contribution in [0.3, 0.4) is 0 Å². The zero-order valence-electron chi connectivity index (χ0n) is 18.4. The van der Waals surface area contributed by atoms with E-state index in [4.69, 9.17) is 0 Å². The molecular formula is C26H29N3O2S. The Morgan fingerprint density at radius 1 is 1.06 bits per heavy atom. The first-order valence-corrected chi connectivity index (χ1v) is 12.1. The molecular weight excluding hydrogens is 418 g/mol. The summed E-state index contributed by atoms with van der Waals surface area (Å²) in [5.41, 5.74) is 2.18. The van der Waals surface area contributed by atoms with E-state index in [0.29, 0.717) is 12.2 Å². The van der Waals surface area contributed by atoms with Crippen molar-refractivity contribution in [2.45, 2.75) is 57.7 Å². The summed E-state index contributed by atoms with van der Waals surface area (Å²) in [4.78, 5) is 34.4. The quantitative estimate of drug-likeness (QED) is 0.536. The molecule has 2 heterocycles. The summed E-state index contributed by atoms with van der Waals surface area (Å²) < 4.78 is 0. The molecule has 32 heavy (non-hydrogen) atoms. The monoisotopic (exact) mass is 447 g/mol. The molecule has 1 fully saturated rings. The van der Waals surface area contributed by atoms with Crippen molar-refractivity contribution in [2.24, 2.45) is 0 Å². The standard InChI is InChI=1S/C26H29N3O2S/c1-19-10-5-6-14-22(19)24(25(30)28-20-11-3-2-4-12-20)29(18-21-13-9-17-32-21)26(31)23-15-7-8-16-27-23/h5-10,13-17,20,24H,2-4,11-12,18H2,1H3,(H,28,30)/t24-/m1/s1. The molecule has 0 saturated heterocycles. The molecule has 1 aliphatic rings. The molecule has 0 radical (unpaired) electrons. The van der Waals surface area contributed by atoms with E-state index in [1.165, 1.54) is 6.42 Å². The van der Waals surface area contributed by atoms with Gasteiger partial charge in [0.1, 0.15) is 11.7 Å². The molecule has 4 rings (SSSR count).